The molecular formula is C23H22N4O4. The lowest BCUT2D eigenvalue weighted by Gasteiger charge is -2.27. The monoisotopic (exact) mass is 418 g/mol. The molecule has 4 amide bonds. The Morgan fingerprint density at radius 3 is 2.68 bits per heavy atom. The van der Waals surface area contributed by atoms with Crippen LogP contribution in [0.15, 0.2) is 36.4 Å². The Kier molecular flexibility index (Phi) is 4.69. The molecule has 3 heterocycles. The minimum Gasteiger partial charge on any atom is -0.385 e. The first-order valence-electron chi connectivity index (χ1n) is 10.5. The molecule has 158 valence electrons. The van der Waals surface area contributed by atoms with Crippen molar-refractivity contribution in [3.63, 3.8) is 0 Å². The van der Waals surface area contributed by atoms with Crippen LogP contribution in [0.4, 0.5) is 11.4 Å². The van der Waals surface area contributed by atoms with Gasteiger partial charge in [-0.05, 0) is 54.7 Å². The molecule has 8 nitrogen and oxygen atoms in total. The van der Waals surface area contributed by atoms with E-state index in [-0.39, 0.29) is 29.9 Å². The maximum atomic E-state index is 13.0. The summed E-state index contributed by atoms with van der Waals surface area (Å²) in [5.74, 6) is -1.99. The Morgan fingerprint density at radius 1 is 1.00 bits per heavy atom. The number of anilines is 2. The van der Waals surface area contributed by atoms with Crippen LogP contribution in [0, 0.1) is 0 Å². The number of hydrogen-bond acceptors (Lipinski definition) is 6. The van der Waals surface area contributed by atoms with Crippen molar-refractivity contribution < 1.29 is 19.2 Å². The second kappa shape index (κ2) is 7.54. The van der Waals surface area contributed by atoms with Crippen LogP contribution in [-0.4, -0.2) is 41.1 Å². The number of nitrogens with zero attached hydrogens (tertiary/aromatic N) is 1. The average molecular weight is 418 g/mol. The summed E-state index contributed by atoms with van der Waals surface area (Å²) in [4.78, 5) is 50.3. The van der Waals surface area contributed by atoms with Gasteiger partial charge >= 0.3 is 0 Å². The molecule has 3 N–H and O–H groups in total. The van der Waals surface area contributed by atoms with Crippen LogP contribution >= 0.6 is 0 Å². The number of benzene rings is 2. The van der Waals surface area contributed by atoms with E-state index in [0.29, 0.717) is 6.54 Å². The summed E-state index contributed by atoms with van der Waals surface area (Å²) >= 11 is 0. The van der Waals surface area contributed by atoms with Crippen molar-refractivity contribution in [2.45, 2.75) is 38.3 Å². The summed E-state index contributed by atoms with van der Waals surface area (Å²) < 4.78 is 0. The van der Waals surface area contributed by atoms with E-state index >= 15 is 0 Å². The third kappa shape index (κ3) is 3.34. The Hall–Kier alpha value is -3.68. The van der Waals surface area contributed by atoms with Gasteiger partial charge in [0.25, 0.3) is 11.8 Å². The fraction of sp³-hybridized carbons (Fsp3) is 0.304. The molecule has 8 heteroatoms. The number of amides is 4. The van der Waals surface area contributed by atoms with Gasteiger partial charge in [0.1, 0.15) is 6.04 Å². The van der Waals surface area contributed by atoms with Gasteiger partial charge in [-0.2, -0.15) is 0 Å². The highest BCUT2D eigenvalue weighted by Gasteiger charge is 2.44. The number of rotatable bonds is 4. The van der Waals surface area contributed by atoms with Crippen LogP contribution in [0.5, 0.6) is 0 Å². The van der Waals surface area contributed by atoms with E-state index in [1.807, 2.05) is 6.07 Å². The number of carbonyl (C=O) groups excluding carboxylic acids is 4. The van der Waals surface area contributed by atoms with Crippen LogP contribution in [0.2, 0.25) is 0 Å². The summed E-state index contributed by atoms with van der Waals surface area (Å²) in [5.41, 5.74) is 4.94. The highest BCUT2D eigenvalue weighted by molar-refractivity contribution is 6.23. The third-order valence-electron chi connectivity index (χ3n) is 6.11. The summed E-state index contributed by atoms with van der Waals surface area (Å²) in [6.07, 6.45) is 2.37. The quantitative estimate of drug-likeness (QED) is 0.656. The Morgan fingerprint density at radius 2 is 1.84 bits per heavy atom. The van der Waals surface area contributed by atoms with Crippen LogP contribution in [0.3, 0.4) is 0 Å². The van der Waals surface area contributed by atoms with Crippen LogP contribution in [0.1, 0.15) is 51.1 Å². The van der Waals surface area contributed by atoms with Crippen molar-refractivity contribution in [1.82, 2.24) is 10.2 Å². The number of hydrogen-bond donors (Lipinski definition) is 3. The minimum atomic E-state index is -0.954. The zero-order chi connectivity index (χ0) is 21.5. The molecule has 2 aromatic rings. The molecule has 3 aliphatic heterocycles. The molecular weight excluding hydrogens is 396 g/mol. The average Bonchev–Trinajstić information content (AvgIpc) is 3.02. The number of fused-ring (bicyclic) bond motifs is 2. The predicted octanol–water partition coefficient (Wildman–Crippen LogP) is 2.06. The number of carbonyl (C=O) groups is 4. The first kappa shape index (κ1) is 19.3. The van der Waals surface area contributed by atoms with Gasteiger partial charge in [-0.3, -0.25) is 29.4 Å². The Labute approximate surface area is 179 Å². The van der Waals surface area contributed by atoms with Crippen molar-refractivity contribution in [3.05, 3.63) is 58.7 Å². The van der Waals surface area contributed by atoms with E-state index in [1.54, 1.807) is 18.2 Å². The second-order valence-corrected chi connectivity index (χ2v) is 8.03. The molecule has 0 aromatic heterocycles. The lowest BCUT2D eigenvalue weighted by molar-refractivity contribution is -0.136. The molecule has 0 aliphatic carbocycles. The van der Waals surface area contributed by atoms with Gasteiger partial charge in [-0.25, -0.2) is 0 Å². The maximum absolute atomic E-state index is 13.0. The van der Waals surface area contributed by atoms with E-state index in [9.17, 15) is 19.2 Å². The van der Waals surface area contributed by atoms with Gasteiger partial charge in [0.2, 0.25) is 11.8 Å². The van der Waals surface area contributed by atoms with Gasteiger partial charge in [-0.1, -0.05) is 12.1 Å². The van der Waals surface area contributed by atoms with Crippen molar-refractivity contribution in [2.75, 3.05) is 17.2 Å². The topological polar surface area (TPSA) is 108 Å². The molecule has 2 aromatic carbocycles. The van der Waals surface area contributed by atoms with E-state index in [4.69, 9.17) is 0 Å². The Bertz CT molecular complexity index is 1130. The normalized spacial score (nSPS) is 20.1. The van der Waals surface area contributed by atoms with E-state index in [0.717, 1.165) is 30.0 Å². The van der Waals surface area contributed by atoms with E-state index < -0.39 is 23.8 Å². The number of imide groups is 2. The van der Waals surface area contributed by atoms with Crippen molar-refractivity contribution in [1.29, 1.82) is 0 Å². The van der Waals surface area contributed by atoms with Crippen LogP contribution < -0.4 is 16.0 Å². The molecule has 0 saturated carbocycles. The maximum Gasteiger partial charge on any atom is 0.262 e. The fourth-order valence-electron chi connectivity index (χ4n) is 4.53. The fourth-order valence-corrected chi connectivity index (χ4v) is 4.53. The van der Waals surface area contributed by atoms with Crippen LogP contribution in [0.25, 0.3) is 0 Å². The molecule has 1 saturated heterocycles. The molecule has 31 heavy (non-hydrogen) atoms. The summed E-state index contributed by atoms with van der Waals surface area (Å²) in [5, 5.41) is 8.98. The SMILES string of the molecule is O=C1CCC(N2C(=O)c3ccc(NCc4cccc5c4CCCN5)cc3C2=O)C(=O)N1. The van der Waals surface area contributed by atoms with Gasteiger partial charge < -0.3 is 10.6 Å². The molecule has 0 radical (unpaired) electrons. The Balaban J connectivity index is 1.35. The summed E-state index contributed by atoms with van der Waals surface area (Å²) in [7, 11) is 0. The number of nitrogens with one attached hydrogen (secondary N) is 3. The number of piperidine rings is 1. The molecule has 0 bridgehead atoms. The molecule has 0 spiro atoms. The smallest absolute Gasteiger partial charge is 0.262 e. The zero-order valence-electron chi connectivity index (χ0n) is 16.9. The molecule has 1 unspecified atom stereocenters. The predicted molar refractivity (Wildman–Crippen MR) is 114 cm³/mol. The molecule has 1 atom stereocenters. The van der Waals surface area contributed by atoms with Crippen LogP contribution in [-0.2, 0) is 22.6 Å². The van der Waals surface area contributed by atoms with Crippen molar-refractivity contribution in [3.8, 4) is 0 Å². The standard InChI is InChI=1S/C23H22N4O4/c28-20-9-8-19(21(29)26-20)27-22(30)16-7-6-14(11-17(16)23(27)31)25-12-13-3-1-5-18-15(13)4-2-10-24-18/h1,3,5-7,11,19,24-25H,2,4,8-10,12H2,(H,26,28,29). The second-order valence-electron chi connectivity index (χ2n) is 8.03. The highest BCUT2D eigenvalue weighted by atomic mass is 16.2. The summed E-state index contributed by atoms with van der Waals surface area (Å²) in [6, 6.07) is 10.3. The summed E-state index contributed by atoms with van der Waals surface area (Å²) in [6.45, 7) is 1.58. The zero-order valence-corrected chi connectivity index (χ0v) is 16.9. The van der Waals surface area contributed by atoms with Gasteiger partial charge in [0, 0.05) is 30.9 Å². The first-order valence-corrected chi connectivity index (χ1v) is 10.5. The van der Waals surface area contributed by atoms with Gasteiger partial charge in [0.15, 0.2) is 0 Å². The minimum absolute atomic E-state index is 0.104. The molecule has 3 aliphatic rings. The van der Waals surface area contributed by atoms with Crippen molar-refractivity contribution in [2.24, 2.45) is 0 Å². The van der Waals surface area contributed by atoms with E-state index in [1.165, 1.54) is 16.8 Å². The largest absolute Gasteiger partial charge is 0.385 e. The third-order valence-corrected chi connectivity index (χ3v) is 6.11. The van der Waals surface area contributed by atoms with Gasteiger partial charge in [0.05, 0.1) is 11.1 Å². The molecule has 5 rings (SSSR count). The van der Waals surface area contributed by atoms with Crippen molar-refractivity contribution >= 4 is 35.0 Å². The molecule has 1 fully saturated rings. The highest BCUT2D eigenvalue weighted by Crippen LogP contribution is 2.30. The lowest BCUT2D eigenvalue weighted by Crippen LogP contribution is -2.54. The van der Waals surface area contributed by atoms with E-state index in [2.05, 4.69) is 28.1 Å². The first-order chi connectivity index (χ1) is 15.0. The lowest BCUT2D eigenvalue weighted by atomic mass is 9.97. The van der Waals surface area contributed by atoms with Gasteiger partial charge in [-0.15, -0.1) is 0 Å².